The fourth-order valence-electron chi connectivity index (χ4n) is 4.54. The van der Waals surface area contributed by atoms with Crippen molar-refractivity contribution in [2.45, 2.75) is 44.7 Å². The highest BCUT2D eigenvalue weighted by atomic mass is 16.5. The fraction of sp³-hybridized carbons (Fsp3) is 0.423. The first-order valence-electron chi connectivity index (χ1n) is 11.6. The van der Waals surface area contributed by atoms with Crippen LogP contribution in [0.15, 0.2) is 47.3 Å². The number of likely N-dealkylation sites (N-methyl/N-ethyl adjacent to an activating group) is 1. The zero-order valence-corrected chi connectivity index (χ0v) is 19.6. The molecule has 1 aromatic heterocycles. The molecule has 3 aromatic rings. The normalized spacial score (nSPS) is 14.9. The Kier molecular flexibility index (Phi) is 7.08. The number of fused-ring (bicyclic) bond motifs is 2. The molecule has 2 aromatic carbocycles. The van der Waals surface area contributed by atoms with Gasteiger partial charge in [0.25, 0.3) is 11.5 Å². The summed E-state index contributed by atoms with van der Waals surface area (Å²) in [4.78, 5) is 32.9. The van der Waals surface area contributed by atoms with Crippen molar-refractivity contribution in [2.75, 3.05) is 27.7 Å². The summed E-state index contributed by atoms with van der Waals surface area (Å²) in [5.41, 5.74) is 2.10. The highest BCUT2D eigenvalue weighted by molar-refractivity contribution is 5.97. The molecular weight excluding hydrogens is 416 g/mol. The largest absolute Gasteiger partial charge is 0.496 e. The molecule has 1 amide bonds. The van der Waals surface area contributed by atoms with Crippen molar-refractivity contribution in [1.29, 1.82) is 0 Å². The van der Waals surface area contributed by atoms with Gasteiger partial charge < -0.3 is 15.0 Å². The first-order chi connectivity index (χ1) is 16.0. The van der Waals surface area contributed by atoms with E-state index in [1.54, 1.807) is 25.3 Å². The number of hydrogen-bond donors (Lipinski definition) is 1. The molecule has 33 heavy (non-hydrogen) atoms. The third-order valence-corrected chi connectivity index (χ3v) is 6.41. The van der Waals surface area contributed by atoms with E-state index < -0.39 is 0 Å². The summed E-state index contributed by atoms with van der Waals surface area (Å²) in [5.74, 6) is 1.43. The van der Waals surface area contributed by atoms with Gasteiger partial charge in [0.15, 0.2) is 0 Å². The monoisotopic (exact) mass is 448 g/mol. The van der Waals surface area contributed by atoms with Crippen LogP contribution in [0, 0.1) is 0 Å². The van der Waals surface area contributed by atoms with E-state index in [1.807, 2.05) is 42.9 Å². The SMILES string of the molecule is COc1ccccc1[C@H](CNC(=O)c1ccc2c(=O)n3c(nc2c1)CCCCCC3)N(C)C. The smallest absolute Gasteiger partial charge is 0.261 e. The zero-order valence-electron chi connectivity index (χ0n) is 19.6. The van der Waals surface area contributed by atoms with Gasteiger partial charge in [0, 0.05) is 30.6 Å². The van der Waals surface area contributed by atoms with Crippen LogP contribution in [0.4, 0.5) is 0 Å². The maximum Gasteiger partial charge on any atom is 0.261 e. The molecule has 7 heteroatoms. The molecule has 1 atom stereocenters. The molecule has 7 nitrogen and oxygen atoms in total. The number of nitrogens with one attached hydrogen (secondary N) is 1. The lowest BCUT2D eigenvalue weighted by Crippen LogP contribution is -2.34. The summed E-state index contributed by atoms with van der Waals surface area (Å²) in [6, 6.07) is 13.0. The van der Waals surface area contributed by atoms with Crippen LogP contribution in [0.25, 0.3) is 10.9 Å². The molecule has 0 saturated heterocycles. The lowest BCUT2D eigenvalue weighted by molar-refractivity contribution is 0.0941. The maximum absolute atomic E-state index is 13.0. The first-order valence-corrected chi connectivity index (χ1v) is 11.6. The quantitative estimate of drug-likeness (QED) is 0.624. The van der Waals surface area contributed by atoms with E-state index in [1.165, 1.54) is 0 Å². The summed E-state index contributed by atoms with van der Waals surface area (Å²) >= 11 is 0. The van der Waals surface area contributed by atoms with Crippen LogP contribution in [0.3, 0.4) is 0 Å². The summed E-state index contributed by atoms with van der Waals surface area (Å²) in [6.07, 6.45) is 5.14. The molecule has 174 valence electrons. The van der Waals surface area contributed by atoms with Gasteiger partial charge in [-0.3, -0.25) is 14.2 Å². The Morgan fingerprint density at radius 2 is 1.94 bits per heavy atom. The summed E-state index contributed by atoms with van der Waals surface area (Å²) in [6.45, 7) is 1.14. The summed E-state index contributed by atoms with van der Waals surface area (Å²) in [7, 11) is 5.60. The number of rotatable bonds is 6. The number of aryl methyl sites for hydroxylation is 1. The molecule has 0 saturated carbocycles. The fourth-order valence-corrected chi connectivity index (χ4v) is 4.54. The number of methoxy groups -OCH3 is 1. The molecular formula is C26H32N4O3. The Hall–Kier alpha value is -3.19. The van der Waals surface area contributed by atoms with E-state index in [4.69, 9.17) is 9.72 Å². The minimum absolute atomic E-state index is 0.00676. The Bertz CT molecular complexity index is 1200. The van der Waals surface area contributed by atoms with Crippen LogP contribution in [-0.4, -0.2) is 48.1 Å². The summed E-state index contributed by atoms with van der Waals surface area (Å²) in [5, 5.41) is 3.61. The van der Waals surface area contributed by atoms with Crippen LogP contribution < -0.4 is 15.6 Å². The Balaban J connectivity index is 1.57. The van der Waals surface area contributed by atoms with Gasteiger partial charge >= 0.3 is 0 Å². The van der Waals surface area contributed by atoms with Crippen LogP contribution >= 0.6 is 0 Å². The number of amides is 1. The van der Waals surface area contributed by atoms with E-state index >= 15 is 0 Å². The molecule has 0 fully saturated rings. The van der Waals surface area contributed by atoms with Crippen molar-refractivity contribution >= 4 is 16.8 Å². The molecule has 0 radical (unpaired) electrons. The molecule has 4 rings (SSSR count). The second kappa shape index (κ2) is 10.2. The number of carbonyl (C=O) groups excluding carboxylic acids is 1. The highest BCUT2D eigenvalue weighted by Crippen LogP contribution is 2.27. The number of nitrogens with zero attached hydrogens (tertiary/aromatic N) is 3. The van der Waals surface area contributed by atoms with Gasteiger partial charge in [-0.25, -0.2) is 4.98 Å². The number of hydrogen-bond acceptors (Lipinski definition) is 5. The van der Waals surface area contributed by atoms with Crippen LogP contribution in [-0.2, 0) is 13.0 Å². The van der Waals surface area contributed by atoms with E-state index in [0.29, 0.717) is 29.6 Å². The second-order valence-electron chi connectivity index (χ2n) is 8.81. The van der Waals surface area contributed by atoms with Crippen molar-refractivity contribution in [2.24, 2.45) is 0 Å². The lowest BCUT2D eigenvalue weighted by atomic mass is 10.0. The average molecular weight is 449 g/mol. The summed E-state index contributed by atoms with van der Waals surface area (Å²) < 4.78 is 7.33. The molecule has 1 N–H and O–H groups in total. The van der Waals surface area contributed by atoms with Gasteiger partial charge in [0.05, 0.1) is 24.1 Å². The zero-order chi connectivity index (χ0) is 23.4. The van der Waals surface area contributed by atoms with Crippen molar-refractivity contribution in [3.8, 4) is 5.75 Å². The first kappa shape index (κ1) is 23.0. The standard InChI is InChI=1S/C26H32N4O3/c1-29(2)22(20-10-7-8-11-23(20)33-3)17-27-25(31)18-13-14-19-21(16-18)28-24-12-6-4-5-9-15-30(24)26(19)32/h7-8,10-11,13-14,16,22H,4-6,9,12,15,17H2,1-3H3,(H,27,31)/t22-/m0/s1. The van der Waals surface area contributed by atoms with E-state index in [2.05, 4.69) is 10.2 Å². The molecule has 0 spiro atoms. The second-order valence-corrected chi connectivity index (χ2v) is 8.81. The number of carbonyl (C=O) groups is 1. The van der Waals surface area contributed by atoms with Crippen LogP contribution in [0.1, 0.15) is 53.5 Å². The topological polar surface area (TPSA) is 76.5 Å². The third kappa shape index (κ3) is 4.93. The molecule has 1 aliphatic rings. The average Bonchev–Trinajstić information content (AvgIpc) is 2.80. The Labute approximate surface area is 194 Å². The van der Waals surface area contributed by atoms with Crippen LogP contribution in [0.5, 0.6) is 5.75 Å². The van der Waals surface area contributed by atoms with Crippen LogP contribution in [0.2, 0.25) is 0 Å². The predicted molar refractivity (Wildman–Crippen MR) is 130 cm³/mol. The lowest BCUT2D eigenvalue weighted by Gasteiger charge is -2.26. The van der Waals surface area contributed by atoms with Gasteiger partial charge in [0.2, 0.25) is 0 Å². The van der Waals surface area contributed by atoms with Gasteiger partial charge in [-0.15, -0.1) is 0 Å². The van der Waals surface area contributed by atoms with Crippen molar-refractivity contribution in [1.82, 2.24) is 19.8 Å². The van der Waals surface area contributed by atoms with Gasteiger partial charge in [-0.1, -0.05) is 31.0 Å². The minimum Gasteiger partial charge on any atom is -0.496 e. The predicted octanol–water partition coefficient (Wildman–Crippen LogP) is 3.55. The Morgan fingerprint density at radius 3 is 2.73 bits per heavy atom. The highest BCUT2D eigenvalue weighted by Gasteiger charge is 2.20. The van der Waals surface area contributed by atoms with E-state index in [0.717, 1.165) is 49.2 Å². The van der Waals surface area contributed by atoms with Crippen molar-refractivity contribution in [3.05, 3.63) is 69.8 Å². The van der Waals surface area contributed by atoms with Crippen molar-refractivity contribution < 1.29 is 9.53 Å². The van der Waals surface area contributed by atoms with Gasteiger partial charge in [-0.05, 0) is 51.2 Å². The number of aromatic nitrogens is 2. The van der Waals surface area contributed by atoms with Crippen molar-refractivity contribution in [3.63, 3.8) is 0 Å². The molecule has 0 unspecified atom stereocenters. The van der Waals surface area contributed by atoms with Gasteiger partial charge in [0.1, 0.15) is 11.6 Å². The third-order valence-electron chi connectivity index (χ3n) is 6.41. The molecule has 1 aliphatic heterocycles. The molecule has 0 bridgehead atoms. The van der Waals surface area contributed by atoms with E-state index in [9.17, 15) is 9.59 Å². The van der Waals surface area contributed by atoms with E-state index in [-0.39, 0.29) is 17.5 Å². The minimum atomic E-state index is -0.188. The van der Waals surface area contributed by atoms with Gasteiger partial charge in [-0.2, -0.15) is 0 Å². The maximum atomic E-state index is 13.0. The Morgan fingerprint density at radius 1 is 1.15 bits per heavy atom. The molecule has 0 aliphatic carbocycles. The number of ether oxygens (including phenoxy) is 1. The molecule has 2 heterocycles. The number of benzene rings is 2. The number of para-hydroxylation sites is 1.